The normalized spacial score (nSPS) is 12.0. The molecular formula is C16H19N3O3. The first-order valence-corrected chi connectivity index (χ1v) is 7.09. The summed E-state index contributed by atoms with van der Waals surface area (Å²) in [6, 6.07) is 9.96. The smallest absolute Gasteiger partial charge is 0.272 e. The Bertz CT molecular complexity index is 689. The summed E-state index contributed by atoms with van der Waals surface area (Å²) in [6.45, 7) is 5.76. The van der Waals surface area contributed by atoms with Gasteiger partial charge in [-0.2, -0.15) is 5.10 Å². The van der Waals surface area contributed by atoms with Gasteiger partial charge in [0.05, 0.1) is 12.1 Å². The number of aromatic amines is 1. The summed E-state index contributed by atoms with van der Waals surface area (Å²) in [6.07, 6.45) is 0.0462. The molecule has 0 spiro atoms. The number of nitrogens with zero attached hydrogens (tertiary/aromatic N) is 1. The Hall–Kier alpha value is -2.63. The molecule has 0 fully saturated rings. The van der Waals surface area contributed by atoms with E-state index in [1.54, 1.807) is 0 Å². The summed E-state index contributed by atoms with van der Waals surface area (Å²) < 4.78 is 5.76. The van der Waals surface area contributed by atoms with Gasteiger partial charge in [0, 0.05) is 11.6 Å². The van der Waals surface area contributed by atoms with E-state index < -0.39 is 0 Å². The number of rotatable bonds is 5. The zero-order valence-corrected chi connectivity index (χ0v) is 12.8. The van der Waals surface area contributed by atoms with E-state index in [9.17, 15) is 9.59 Å². The van der Waals surface area contributed by atoms with Crippen molar-refractivity contribution in [3.63, 3.8) is 0 Å². The highest BCUT2D eigenvalue weighted by molar-refractivity contribution is 5.92. The highest BCUT2D eigenvalue weighted by atomic mass is 16.5. The lowest BCUT2D eigenvalue weighted by Crippen LogP contribution is -2.29. The van der Waals surface area contributed by atoms with Crippen molar-refractivity contribution in [3.8, 4) is 5.75 Å². The minimum atomic E-state index is -0.358. The molecule has 0 radical (unpaired) electrons. The fourth-order valence-electron chi connectivity index (χ4n) is 2.02. The van der Waals surface area contributed by atoms with Crippen LogP contribution in [-0.2, 0) is 0 Å². The van der Waals surface area contributed by atoms with Gasteiger partial charge in [-0.05, 0) is 32.9 Å². The van der Waals surface area contributed by atoms with Crippen LogP contribution < -0.4 is 15.6 Å². The van der Waals surface area contributed by atoms with Gasteiger partial charge in [0.1, 0.15) is 11.4 Å². The largest absolute Gasteiger partial charge is 0.491 e. The lowest BCUT2D eigenvalue weighted by molar-refractivity contribution is 0.0933. The second-order valence-electron chi connectivity index (χ2n) is 5.21. The number of hydrogen-bond donors (Lipinski definition) is 2. The first-order chi connectivity index (χ1) is 10.5. The fourth-order valence-corrected chi connectivity index (χ4v) is 2.02. The van der Waals surface area contributed by atoms with Gasteiger partial charge in [-0.15, -0.1) is 0 Å². The zero-order valence-electron chi connectivity index (χ0n) is 12.8. The summed E-state index contributed by atoms with van der Waals surface area (Å²) in [5.41, 5.74) is 0.697. The van der Waals surface area contributed by atoms with Gasteiger partial charge in [0.25, 0.3) is 11.5 Å². The number of hydrogen-bond acceptors (Lipinski definition) is 4. The molecular weight excluding hydrogens is 282 g/mol. The van der Waals surface area contributed by atoms with Gasteiger partial charge in [-0.25, -0.2) is 5.10 Å². The van der Waals surface area contributed by atoms with Crippen molar-refractivity contribution < 1.29 is 9.53 Å². The van der Waals surface area contributed by atoms with E-state index in [0.717, 1.165) is 11.3 Å². The van der Waals surface area contributed by atoms with Crippen LogP contribution in [0.2, 0.25) is 0 Å². The summed E-state index contributed by atoms with van der Waals surface area (Å²) in [5.74, 6) is 0.378. The van der Waals surface area contributed by atoms with E-state index in [-0.39, 0.29) is 29.3 Å². The van der Waals surface area contributed by atoms with E-state index >= 15 is 0 Å². The van der Waals surface area contributed by atoms with Crippen molar-refractivity contribution in [2.45, 2.75) is 32.9 Å². The number of benzene rings is 1. The molecule has 1 unspecified atom stereocenters. The third kappa shape index (κ3) is 3.94. The Labute approximate surface area is 128 Å². The third-order valence-electron chi connectivity index (χ3n) is 3.01. The molecule has 1 aromatic carbocycles. The summed E-state index contributed by atoms with van der Waals surface area (Å²) in [4.78, 5) is 23.1. The van der Waals surface area contributed by atoms with Crippen molar-refractivity contribution in [3.05, 3.63) is 58.0 Å². The van der Waals surface area contributed by atoms with Crippen molar-refractivity contribution in [2.75, 3.05) is 0 Å². The quantitative estimate of drug-likeness (QED) is 0.885. The third-order valence-corrected chi connectivity index (χ3v) is 3.01. The van der Waals surface area contributed by atoms with E-state index in [0.29, 0.717) is 0 Å². The fraction of sp³-hybridized carbons (Fsp3) is 0.312. The molecule has 116 valence electrons. The molecule has 0 bridgehead atoms. The number of para-hydroxylation sites is 1. The van der Waals surface area contributed by atoms with Gasteiger partial charge < -0.3 is 10.1 Å². The molecule has 1 amide bonds. The molecule has 6 nitrogen and oxygen atoms in total. The van der Waals surface area contributed by atoms with E-state index in [1.807, 2.05) is 45.0 Å². The van der Waals surface area contributed by atoms with Crippen LogP contribution >= 0.6 is 0 Å². The zero-order chi connectivity index (χ0) is 16.1. The van der Waals surface area contributed by atoms with Crippen molar-refractivity contribution in [1.82, 2.24) is 15.5 Å². The van der Waals surface area contributed by atoms with E-state index in [2.05, 4.69) is 15.5 Å². The topological polar surface area (TPSA) is 84.1 Å². The Balaban J connectivity index is 2.15. The molecule has 0 saturated heterocycles. The number of ether oxygens (including phenoxy) is 1. The predicted molar refractivity (Wildman–Crippen MR) is 82.9 cm³/mol. The molecule has 1 atom stereocenters. The van der Waals surface area contributed by atoms with Crippen molar-refractivity contribution in [2.24, 2.45) is 0 Å². The molecule has 2 rings (SSSR count). The van der Waals surface area contributed by atoms with Crippen LogP contribution in [-0.4, -0.2) is 22.2 Å². The van der Waals surface area contributed by atoms with Crippen LogP contribution in [0.15, 0.2) is 41.2 Å². The summed E-state index contributed by atoms with van der Waals surface area (Å²) >= 11 is 0. The van der Waals surface area contributed by atoms with Crippen LogP contribution in [0.5, 0.6) is 5.75 Å². The first-order valence-electron chi connectivity index (χ1n) is 7.09. The molecule has 0 aliphatic heterocycles. The second kappa shape index (κ2) is 6.89. The maximum absolute atomic E-state index is 12.1. The highest BCUT2D eigenvalue weighted by Gasteiger charge is 2.16. The molecule has 2 N–H and O–H groups in total. The number of carbonyl (C=O) groups excluding carboxylic acids is 1. The van der Waals surface area contributed by atoms with Gasteiger partial charge in [0.15, 0.2) is 0 Å². The van der Waals surface area contributed by atoms with E-state index in [1.165, 1.54) is 12.1 Å². The Morgan fingerprint density at radius 3 is 2.55 bits per heavy atom. The highest BCUT2D eigenvalue weighted by Crippen LogP contribution is 2.25. The van der Waals surface area contributed by atoms with Gasteiger partial charge in [-0.3, -0.25) is 9.59 Å². The minimum absolute atomic E-state index is 0.0462. The number of H-pyrrole nitrogens is 1. The van der Waals surface area contributed by atoms with Gasteiger partial charge in [-0.1, -0.05) is 18.2 Å². The van der Waals surface area contributed by atoms with Crippen LogP contribution in [0.1, 0.15) is 42.9 Å². The molecule has 1 heterocycles. The number of aromatic nitrogens is 2. The molecule has 2 aromatic rings. The molecule has 1 aromatic heterocycles. The Morgan fingerprint density at radius 1 is 1.18 bits per heavy atom. The second-order valence-corrected chi connectivity index (χ2v) is 5.21. The van der Waals surface area contributed by atoms with Gasteiger partial charge >= 0.3 is 0 Å². The molecule has 0 aliphatic carbocycles. The Kier molecular flexibility index (Phi) is 4.93. The monoisotopic (exact) mass is 301 g/mol. The summed E-state index contributed by atoms with van der Waals surface area (Å²) in [5, 5.41) is 8.80. The van der Waals surface area contributed by atoms with Crippen molar-refractivity contribution in [1.29, 1.82) is 0 Å². The summed E-state index contributed by atoms with van der Waals surface area (Å²) in [7, 11) is 0. The van der Waals surface area contributed by atoms with Crippen LogP contribution in [0.4, 0.5) is 0 Å². The molecule has 22 heavy (non-hydrogen) atoms. The SMILES string of the molecule is CC(C)Oc1ccccc1C(C)NC(=O)c1ccc(=O)[nH]n1. The molecule has 0 saturated carbocycles. The minimum Gasteiger partial charge on any atom is -0.491 e. The number of carbonyl (C=O) groups is 1. The maximum Gasteiger partial charge on any atom is 0.272 e. The Morgan fingerprint density at radius 2 is 1.91 bits per heavy atom. The van der Waals surface area contributed by atoms with Crippen LogP contribution in [0, 0.1) is 0 Å². The molecule has 0 aliphatic rings. The van der Waals surface area contributed by atoms with Crippen LogP contribution in [0.3, 0.4) is 0 Å². The molecule has 6 heteroatoms. The number of nitrogens with one attached hydrogen (secondary N) is 2. The lowest BCUT2D eigenvalue weighted by atomic mass is 10.1. The first kappa shape index (κ1) is 15.8. The number of amides is 1. The average Bonchev–Trinajstić information content (AvgIpc) is 2.47. The predicted octanol–water partition coefficient (Wildman–Crippen LogP) is 2.05. The lowest BCUT2D eigenvalue weighted by Gasteiger charge is -2.19. The van der Waals surface area contributed by atoms with Gasteiger partial charge in [0.2, 0.25) is 0 Å². The van der Waals surface area contributed by atoms with Crippen molar-refractivity contribution >= 4 is 5.91 Å². The standard InChI is InChI=1S/C16H19N3O3/c1-10(2)22-14-7-5-4-6-12(14)11(3)17-16(21)13-8-9-15(20)19-18-13/h4-11H,1-3H3,(H,17,21)(H,19,20). The van der Waals surface area contributed by atoms with Crippen LogP contribution in [0.25, 0.3) is 0 Å². The average molecular weight is 301 g/mol. The van der Waals surface area contributed by atoms with E-state index in [4.69, 9.17) is 4.74 Å². The maximum atomic E-state index is 12.1.